The molecule has 1 aliphatic heterocycles. The molecule has 2 rings (SSSR count). The molecule has 0 saturated carbocycles. The molecule has 0 radical (unpaired) electrons. The minimum Gasteiger partial charge on any atom is -0.494 e. The number of β-amino-alcohol motifs (C(OH)–C–C–N with tert-alkyl or cyclic N) is 1. The van der Waals surface area contributed by atoms with Crippen LogP contribution in [0.1, 0.15) is 18.4 Å². The molecule has 4 heteroatoms. The van der Waals surface area contributed by atoms with E-state index in [-0.39, 0.29) is 5.91 Å². The van der Waals surface area contributed by atoms with Crippen LogP contribution in [0.15, 0.2) is 24.3 Å². The summed E-state index contributed by atoms with van der Waals surface area (Å²) in [5.41, 5.74) is 0.843. The highest BCUT2D eigenvalue weighted by Gasteiger charge is 2.38. The molecule has 0 bridgehead atoms. The Morgan fingerprint density at radius 3 is 2.53 bits per heavy atom. The third kappa shape index (κ3) is 2.26. The number of likely N-dealkylation sites (N-methyl/N-ethyl adjacent to an activating group) is 1. The van der Waals surface area contributed by atoms with Crippen molar-refractivity contribution >= 4 is 5.91 Å². The second kappa shape index (κ2) is 4.75. The number of carbonyl (C=O) groups excluding carboxylic acids is 1. The first-order valence-corrected chi connectivity index (χ1v) is 5.79. The number of ether oxygens (including phenoxy) is 1. The summed E-state index contributed by atoms with van der Waals surface area (Å²) in [7, 11) is 1.71. The first-order valence-electron chi connectivity index (χ1n) is 5.79. The van der Waals surface area contributed by atoms with Crippen LogP contribution in [0.3, 0.4) is 0 Å². The molecular formula is C13H17NO3. The lowest BCUT2D eigenvalue weighted by molar-refractivity contribution is -0.128. The third-order valence-corrected chi connectivity index (χ3v) is 3.04. The second-order valence-corrected chi connectivity index (χ2v) is 4.27. The van der Waals surface area contributed by atoms with E-state index in [0.717, 1.165) is 11.3 Å². The monoisotopic (exact) mass is 235 g/mol. The average molecular weight is 235 g/mol. The predicted molar refractivity (Wildman–Crippen MR) is 64.0 cm³/mol. The fourth-order valence-electron chi connectivity index (χ4n) is 2.18. The Labute approximate surface area is 101 Å². The van der Waals surface area contributed by atoms with E-state index in [1.807, 2.05) is 31.2 Å². The Bertz CT molecular complexity index is 402. The van der Waals surface area contributed by atoms with Gasteiger partial charge in [0, 0.05) is 13.6 Å². The van der Waals surface area contributed by atoms with E-state index in [4.69, 9.17) is 4.74 Å². The summed E-state index contributed by atoms with van der Waals surface area (Å²) in [5.74, 6) is 0.321. The van der Waals surface area contributed by atoms with Gasteiger partial charge in [-0.25, -0.2) is 0 Å². The molecule has 1 aromatic carbocycles. The number of hydrogen-bond donors (Lipinski definition) is 1. The number of hydrogen-bond acceptors (Lipinski definition) is 3. The minimum atomic E-state index is -0.620. The molecular weight excluding hydrogens is 218 g/mol. The average Bonchev–Trinajstić information content (AvgIpc) is 2.55. The molecule has 1 saturated heterocycles. The lowest BCUT2D eigenvalue weighted by Crippen LogP contribution is -2.21. The fraction of sp³-hybridized carbons (Fsp3) is 0.462. The summed E-state index contributed by atoms with van der Waals surface area (Å²) < 4.78 is 5.34. The summed E-state index contributed by atoms with van der Waals surface area (Å²) in [4.78, 5) is 13.4. The van der Waals surface area contributed by atoms with Gasteiger partial charge < -0.3 is 14.7 Å². The summed E-state index contributed by atoms with van der Waals surface area (Å²) in [6, 6.07) is 7.35. The number of amides is 1. The number of carbonyl (C=O) groups is 1. The molecule has 0 aliphatic carbocycles. The van der Waals surface area contributed by atoms with Crippen LogP contribution in [0.25, 0.3) is 0 Å². The molecule has 92 valence electrons. The summed E-state index contributed by atoms with van der Waals surface area (Å²) in [6.45, 7) is 2.94. The Kier molecular flexibility index (Phi) is 3.33. The smallest absolute Gasteiger partial charge is 0.232 e. The lowest BCUT2D eigenvalue weighted by Gasteiger charge is -2.13. The predicted octanol–water partition coefficient (Wildman–Crippen LogP) is 1.00. The van der Waals surface area contributed by atoms with Crippen LogP contribution in [0, 0.1) is 0 Å². The van der Waals surface area contributed by atoms with E-state index in [1.54, 1.807) is 11.9 Å². The molecule has 1 amide bonds. The number of aliphatic hydroxyl groups is 1. The molecule has 0 aromatic heterocycles. The zero-order valence-corrected chi connectivity index (χ0v) is 10.1. The summed E-state index contributed by atoms with van der Waals surface area (Å²) in [6.07, 6.45) is -0.620. The quantitative estimate of drug-likeness (QED) is 0.850. The summed E-state index contributed by atoms with van der Waals surface area (Å²) >= 11 is 0. The van der Waals surface area contributed by atoms with Crippen molar-refractivity contribution in [2.24, 2.45) is 0 Å². The Hall–Kier alpha value is -1.55. The largest absolute Gasteiger partial charge is 0.494 e. The standard InChI is InChI=1S/C13H17NO3/c1-3-17-10-6-4-9(5-7-10)12-11(15)8-14(2)13(12)16/h4-7,11-12,15H,3,8H2,1-2H3. The highest BCUT2D eigenvalue weighted by Crippen LogP contribution is 2.29. The van der Waals surface area contributed by atoms with Crippen molar-refractivity contribution in [2.75, 3.05) is 20.2 Å². The van der Waals surface area contributed by atoms with Gasteiger partial charge in [0.25, 0.3) is 0 Å². The van der Waals surface area contributed by atoms with Crippen LogP contribution < -0.4 is 4.74 Å². The highest BCUT2D eigenvalue weighted by molar-refractivity contribution is 5.86. The van der Waals surface area contributed by atoms with Gasteiger partial charge in [0.2, 0.25) is 5.91 Å². The van der Waals surface area contributed by atoms with Crippen LogP contribution in [0.2, 0.25) is 0 Å². The van der Waals surface area contributed by atoms with E-state index < -0.39 is 12.0 Å². The fourth-order valence-corrected chi connectivity index (χ4v) is 2.18. The van der Waals surface area contributed by atoms with Gasteiger partial charge in [0.1, 0.15) is 5.75 Å². The third-order valence-electron chi connectivity index (χ3n) is 3.04. The van der Waals surface area contributed by atoms with Crippen LogP contribution in [0.5, 0.6) is 5.75 Å². The van der Waals surface area contributed by atoms with Crippen LogP contribution >= 0.6 is 0 Å². The molecule has 17 heavy (non-hydrogen) atoms. The number of nitrogens with zero attached hydrogens (tertiary/aromatic N) is 1. The zero-order valence-electron chi connectivity index (χ0n) is 10.1. The van der Waals surface area contributed by atoms with Gasteiger partial charge in [-0.15, -0.1) is 0 Å². The lowest BCUT2D eigenvalue weighted by atomic mass is 9.95. The van der Waals surface area contributed by atoms with Gasteiger partial charge in [0.15, 0.2) is 0 Å². The van der Waals surface area contributed by atoms with Gasteiger partial charge in [-0.3, -0.25) is 4.79 Å². The van der Waals surface area contributed by atoms with Gasteiger partial charge in [0.05, 0.1) is 18.6 Å². The normalized spacial score (nSPS) is 24.2. The van der Waals surface area contributed by atoms with Crippen molar-refractivity contribution in [3.63, 3.8) is 0 Å². The van der Waals surface area contributed by atoms with Crippen molar-refractivity contribution in [1.29, 1.82) is 0 Å². The first-order chi connectivity index (χ1) is 8.13. The topological polar surface area (TPSA) is 49.8 Å². The van der Waals surface area contributed by atoms with Crippen LogP contribution in [0.4, 0.5) is 0 Å². The SMILES string of the molecule is CCOc1ccc(C2C(=O)N(C)CC2O)cc1. The number of likely N-dealkylation sites (tertiary alicyclic amines) is 1. The molecule has 1 heterocycles. The van der Waals surface area contributed by atoms with Crippen molar-refractivity contribution in [1.82, 2.24) is 4.90 Å². The number of aliphatic hydroxyl groups excluding tert-OH is 1. The first kappa shape index (κ1) is 11.9. The number of benzene rings is 1. The van der Waals surface area contributed by atoms with Crippen molar-refractivity contribution in [3.8, 4) is 5.75 Å². The van der Waals surface area contributed by atoms with Crippen LogP contribution in [-0.2, 0) is 4.79 Å². The molecule has 1 aliphatic rings. The van der Waals surface area contributed by atoms with Crippen molar-refractivity contribution in [2.45, 2.75) is 18.9 Å². The van der Waals surface area contributed by atoms with Gasteiger partial charge in [-0.1, -0.05) is 12.1 Å². The van der Waals surface area contributed by atoms with Gasteiger partial charge in [-0.2, -0.15) is 0 Å². The van der Waals surface area contributed by atoms with Gasteiger partial charge >= 0.3 is 0 Å². The highest BCUT2D eigenvalue weighted by atomic mass is 16.5. The minimum absolute atomic E-state index is 0.0262. The molecule has 0 spiro atoms. The van der Waals surface area contributed by atoms with E-state index in [0.29, 0.717) is 13.2 Å². The Balaban J connectivity index is 2.19. The molecule has 1 fully saturated rings. The second-order valence-electron chi connectivity index (χ2n) is 4.27. The Morgan fingerprint density at radius 1 is 1.41 bits per heavy atom. The van der Waals surface area contributed by atoms with E-state index in [1.165, 1.54) is 0 Å². The van der Waals surface area contributed by atoms with Crippen LogP contribution in [-0.4, -0.2) is 42.2 Å². The molecule has 1 N–H and O–H groups in total. The van der Waals surface area contributed by atoms with Gasteiger partial charge in [-0.05, 0) is 24.6 Å². The molecule has 4 nitrogen and oxygen atoms in total. The van der Waals surface area contributed by atoms with Crippen molar-refractivity contribution < 1.29 is 14.6 Å². The van der Waals surface area contributed by atoms with E-state index >= 15 is 0 Å². The molecule has 1 aromatic rings. The molecule has 2 unspecified atom stereocenters. The zero-order chi connectivity index (χ0) is 12.4. The maximum absolute atomic E-state index is 11.9. The molecule has 2 atom stereocenters. The Morgan fingerprint density at radius 2 is 2.06 bits per heavy atom. The van der Waals surface area contributed by atoms with Crippen molar-refractivity contribution in [3.05, 3.63) is 29.8 Å². The maximum Gasteiger partial charge on any atom is 0.232 e. The van der Waals surface area contributed by atoms with E-state index in [9.17, 15) is 9.90 Å². The van der Waals surface area contributed by atoms with E-state index in [2.05, 4.69) is 0 Å². The maximum atomic E-state index is 11.9. The summed E-state index contributed by atoms with van der Waals surface area (Å²) in [5, 5.41) is 9.86. The number of rotatable bonds is 3.